The third-order valence-corrected chi connectivity index (χ3v) is 4.92. The second-order valence-electron chi connectivity index (χ2n) is 6.37. The molecule has 1 aliphatic carbocycles. The van der Waals surface area contributed by atoms with Gasteiger partial charge in [-0.3, -0.25) is 9.80 Å². The van der Waals surface area contributed by atoms with Crippen molar-refractivity contribution in [1.82, 2.24) is 9.80 Å². The van der Waals surface area contributed by atoms with Gasteiger partial charge in [0.05, 0.1) is 12.5 Å². The molecule has 2 unspecified atom stereocenters. The van der Waals surface area contributed by atoms with Crippen molar-refractivity contribution < 1.29 is 4.42 Å². The van der Waals surface area contributed by atoms with Crippen molar-refractivity contribution in [2.45, 2.75) is 50.4 Å². The summed E-state index contributed by atoms with van der Waals surface area (Å²) in [6.45, 7) is 5.11. The molecule has 2 heterocycles. The van der Waals surface area contributed by atoms with Gasteiger partial charge in [0.1, 0.15) is 0 Å². The van der Waals surface area contributed by atoms with Crippen LogP contribution >= 0.6 is 0 Å². The highest BCUT2D eigenvalue weighted by Crippen LogP contribution is 2.39. The van der Waals surface area contributed by atoms with Crippen LogP contribution in [0.3, 0.4) is 0 Å². The summed E-state index contributed by atoms with van der Waals surface area (Å²) in [5.41, 5.74) is 7.51. The summed E-state index contributed by atoms with van der Waals surface area (Å²) in [5.74, 6) is 0. The highest BCUT2D eigenvalue weighted by Gasteiger charge is 2.48. The molecular formula is C15H25N3O. The van der Waals surface area contributed by atoms with E-state index in [2.05, 4.69) is 23.8 Å². The zero-order chi connectivity index (χ0) is 13.5. The van der Waals surface area contributed by atoms with Gasteiger partial charge in [0.2, 0.25) is 0 Å². The molecule has 2 aliphatic rings. The van der Waals surface area contributed by atoms with E-state index in [1.54, 1.807) is 6.26 Å². The van der Waals surface area contributed by atoms with E-state index in [1.165, 1.54) is 24.8 Å². The van der Waals surface area contributed by atoms with E-state index >= 15 is 0 Å². The van der Waals surface area contributed by atoms with Gasteiger partial charge >= 0.3 is 0 Å². The number of hydrogen-bond donors (Lipinski definition) is 1. The molecule has 106 valence electrons. The number of hydrogen-bond acceptors (Lipinski definition) is 4. The van der Waals surface area contributed by atoms with Crippen LogP contribution in [0.2, 0.25) is 0 Å². The van der Waals surface area contributed by atoms with Crippen LogP contribution in [0.4, 0.5) is 0 Å². The summed E-state index contributed by atoms with van der Waals surface area (Å²) in [4.78, 5) is 5.09. The molecule has 0 bridgehead atoms. The maximum Gasteiger partial charge on any atom is 0.0947 e. The molecule has 2 fully saturated rings. The van der Waals surface area contributed by atoms with Crippen LogP contribution in [-0.2, 0) is 6.54 Å². The maximum atomic E-state index is 6.15. The van der Waals surface area contributed by atoms with Crippen LogP contribution in [0.15, 0.2) is 23.0 Å². The molecule has 0 radical (unpaired) electrons. The molecule has 1 aliphatic heterocycles. The minimum absolute atomic E-state index is 0.124. The molecular weight excluding hydrogens is 238 g/mol. The van der Waals surface area contributed by atoms with Crippen molar-refractivity contribution in [3.63, 3.8) is 0 Å². The Bertz CT molecular complexity index is 415. The Labute approximate surface area is 115 Å². The Morgan fingerprint density at radius 1 is 1.53 bits per heavy atom. The largest absolute Gasteiger partial charge is 0.472 e. The average Bonchev–Trinajstić information content (AvgIpc) is 3.00. The van der Waals surface area contributed by atoms with Crippen molar-refractivity contribution in [2.75, 3.05) is 20.1 Å². The number of nitrogens with two attached hydrogens (primary N) is 1. The molecule has 4 heteroatoms. The number of rotatable bonds is 5. The Kier molecular flexibility index (Phi) is 3.41. The van der Waals surface area contributed by atoms with Crippen molar-refractivity contribution in [2.24, 2.45) is 5.73 Å². The van der Waals surface area contributed by atoms with E-state index < -0.39 is 0 Å². The average molecular weight is 263 g/mol. The number of furan rings is 1. The normalized spacial score (nSPS) is 32.3. The summed E-state index contributed by atoms with van der Waals surface area (Å²) < 4.78 is 5.17. The zero-order valence-electron chi connectivity index (χ0n) is 12.0. The lowest BCUT2D eigenvalue weighted by atomic mass is 9.94. The second-order valence-corrected chi connectivity index (χ2v) is 6.37. The van der Waals surface area contributed by atoms with E-state index in [4.69, 9.17) is 10.2 Å². The maximum absolute atomic E-state index is 6.15. The van der Waals surface area contributed by atoms with Crippen LogP contribution in [0.1, 0.15) is 31.7 Å². The molecule has 2 atom stereocenters. The third-order valence-electron chi connectivity index (χ3n) is 4.92. The molecule has 1 aromatic heterocycles. The molecule has 1 saturated carbocycles. The van der Waals surface area contributed by atoms with Gasteiger partial charge in [-0.25, -0.2) is 0 Å². The SMILES string of the molecule is CC1CC(CN)(N(C)Cc2ccoc2)CN1C1CC1. The first-order chi connectivity index (χ1) is 9.14. The van der Waals surface area contributed by atoms with Crippen LogP contribution < -0.4 is 5.73 Å². The first-order valence-electron chi connectivity index (χ1n) is 7.33. The highest BCUT2D eigenvalue weighted by molar-refractivity contribution is 5.10. The molecule has 2 N–H and O–H groups in total. The van der Waals surface area contributed by atoms with Crippen LogP contribution in [0, 0.1) is 0 Å². The Hall–Kier alpha value is -0.840. The molecule has 1 saturated heterocycles. The van der Waals surface area contributed by atoms with Gasteiger partial charge in [-0.15, -0.1) is 0 Å². The summed E-state index contributed by atoms with van der Waals surface area (Å²) in [6.07, 6.45) is 7.49. The predicted molar refractivity (Wildman–Crippen MR) is 75.8 cm³/mol. The van der Waals surface area contributed by atoms with Gasteiger partial charge in [-0.05, 0) is 39.3 Å². The lowest BCUT2D eigenvalue weighted by Crippen LogP contribution is -2.53. The second kappa shape index (κ2) is 4.93. The lowest BCUT2D eigenvalue weighted by Gasteiger charge is -2.38. The molecule has 0 spiro atoms. The van der Waals surface area contributed by atoms with E-state index in [-0.39, 0.29) is 5.54 Å². The van der Waals surface area contributed by atoms with E-state index in [1.807, 2.05) is 12.3 Å². The first-order valence-corrected chi connectivity index (χ1v) is 7.33. The summed E-state index contributed by atoms with van der Waals surface area (Å²) in [6, 6.07) is 3.52. The molecule has 3 rings (SSSR count). The minimum atomic E-state index is 0.124. The Balaban J connectivity index is 1.72. The molecule has 4 nitrogen and oxygen atoms in total. The smallest absolute Gasteiger partial charge is 0.0947 e. The van der Waals surface area contributed by atoms with Crippen LogP contribution in [-0.4, -0.2) is 47.6 Å². The van der Waals surface area contributed by atoms with Crippen LogP contribution in [0.5, 0.6) is 0 Å². The molecule has 1 aromatic rings. The number of likely N-dealkylation sites (tertiary alicyclic amines) is 1. The fourth-order valence-corrected chi connectivity index (χ4v) is 3.53. The number of likely N-dealkylation sites (N-methyl/N-ethyl adjacent to an activating group) is 1. The van der Waals surface area contributed by atoms with E-state index in [0.717, 1.165) is 25.7 Å². The third kappa shape index (κ3) is 2.45. The van der Waals surface area contributed by atoms with Crippen LogP contribution in [0.25, 0.3) is 0 Å². The Morgan fingerprint density at radius 2 is 2.32 bits per heavy atom. The quantitative estimate of drug-likeness (QED) is 0.877. The number of nitrogens with zero attached hydrogens (tertiary/aromatic N) is 2. The van der Waals surface area contributed by atoms with Crippen molar-refractivity contribution in [3.05, 3.63) is 24.2 Å². The van der Waals surface area contributed by atoms with Gasteiger partial charge < -0.3 is 10.2 Å². The fraction of sp³-hybridized carbons (Fsp3) is 0.733. The van der Waals surface area contributed by atoms with E-state index in [0.29, 0.717) is 6.04 Å². The summed E-state index contributed by atoms with van der Waals surface area (Å²) >= 11 is 0. The van der Waals surface area contributed by atoms with E-state index in [9.17, 15) is 0 Å². The topological polar surface area (TPSA) is 45.6 Å². The predicted octanol–water partition coefficient (Wildman–Crippen LogP) is 1.67. The van der Waals surface area contributed by atoms with Gasteiger partial charge in [0.15, 0.2) is 0 Å². The van der Waals surface area contributed by atoms with Crippen molar-refractivity contribution >= 4 is 0 Å². The highest BCUT2D eigenvalue weighted by atomic mass is 16.3. The van der Waals surface area contributed by atoms with Gasteiger partial charge in [0, 0.05) is 42.8 Å². The Morgan fingerprint density at radius 3 is 2.89 bits per heavy atom. The monoisotopic (exact) mass is 263 g/mol. The van der Waals surface area contributed by atoms with Crippen molar-refractivity contribution in [1.29, 1.82) is 0 Å². The summed E-state index contributed by atoms with van der Waals surface area (Å²) in [5, 5.41) is 0. The molecule has 19 heavy (non-hydrogen) atoms. The molecule has 0 aromatic carbocycles. The van der Waals surface area contributed by atoms with Gasteiger partial charge in [0.25, 0.3) is 0 Å². The van der Waals surface area contributed by atoms with Gasteiger partial charge in [-0.1, -0.05) is 0 Å². The standard InChI is InChI=1S/C15H25N3O/c1-12-7-15(10-16,11-18(12)14-3-4-14)17(2)8-13-5-6-19-9-13/h5-6,9,12,14H,3-4,7-8,10-11,16H2,1-2H3. The lowest BCUT2D eigenvalue weighted by molar-refractivity contribution is 0.120. The minimum Gasteiger partial charge on any atom is -0.472 e. The van der Waals surface area contributed by atoms with Crippen molar-refractivity contribution in [3.8, 4) is 0 Å². The first kappa shape index (κ1) is 13.2. The molecule has 0 amide bonds. The zero-order valence-corrected chi connectivity index (χ0v) is 12.0. The van der Waals surface area contributed by atoms with Gasteiger partial charge in [-0.2, -0.15) is 0 Å². The fourth-order valence-electron chi connectivity index (χ4n) is 3.53. The summed E-state index contributed by atoms with van der Waals surface area (Å²) in [7, 11) is 2.20.